The van der Waals surface area contributed by atoms with Crippen molar-refractivity contribution in [1.29, 1.82) is 0 Å². The SMILES string of the molecule is C[C@@H](Oc1ccc(CN)cc1)C(F)(F)F.Cl. The van der Waals surface area contributed by atoms with Crippen LogP contribution in [0.2, 0.25) is 0 Å². The quantitative estimate of drug-likeness (QED) is 0.901. The Labute approximate surface area is 98.0 Å². The van der Waals surface area contributed by atoms with Gasteiger partial charge in [-0.05, 0) is 24.6 Å². The molecule has 0 fully saturated rings. The van der Waals surface area contributed by atoms with Crippen LogP contribution in [0.4, 0.5) is 13.2 Å². The van der Waals surface area contributed by atoms with Gasteiger partial charge >= 0.3 is 6.18 Å². The van der Waals surface area contributed by atoms with Crippen LogP contribution in [0.1, 0.15) is 12.5 Å². The van der Waals surface area contributed by atoms with E-state index in [2.05, 4.69) is 0 Å². The van der Waals surface area contributed by atoms with Gasteiger partial charge in [-0.1, -0.05) is 12.1 Å². The average molecular weight is 256 g/mol. The largest absolute Gasteiger partial charge is 0.481 e. The van der Waals surface area contributed by atoms with Gasteiger partial charge in [-0.3, -0.25) is 0 Å². The number of halogens is 4. The van der Waals surface area contributed by atoms with Gasteiger partial charge < -0.3 is 10.5 Å². The van der Waals surface area contributed by atoms with E-state index in [1.54, 1.807) is 12.1 Å². The van der Waals surface area contributed by atoms with Crippen molar-refractivity contribution in [3.63, 3.8) is 0 Å². The van der Waals surface area contributed by atoms with Crippen molar-refractivity contribution < 1.29 is 17.9 Å². The van der Waals surface area contributed by atoms with Gasteiger partial charge in [-0.15, -0.1) is 12.4 Å². The number of benzene rings is 1. The Balaban J connectivity index is 0.00000225. The van der Waals surface area contributed by atoms with Gasteiger partial charge in [0.15, 0.2) is 6.10 Å². The van der Waals surface area contributed by atoms with E-state index in [1.165, 1.54) is 12.1 Å². The van der Waals surface area contributed by atoms with E-state index >= 15 is 0 Å². The van der Waals surface area contributed by atoms with Crippen molar-refractivity contribution >= 4 is 12.4 Å². The molecule has 0 unspecified atom stereocenters. The number of hydrogen-bond acceptors (Lipinski definition) is 2. The summed E-state index contributed by atoms with van der Waals surface area (Å²) in [7, 11) is 0. The molecule has 1 atom stereocenters. The molecular formula is C10H13ClF3NO. The van der Waals surface area contributed by atoms with Gasteiger partial charge in [0.25, 0.3) is 0 Å². The molecule has 0 aliphatic heterocycles. The number of nitrogens with two attached hydrogens (primary N) is 1. The molecule has 0 saturated heterocycles. The molecule has 6 heteroatoms. The van der Waals surface area contributed by atoms with E-state index in [4.69, 9.17) is 10.5 Å². The number of ether oxygens (including phenoxy) is 1. The standard InChI is InChI=1S/C10H12F3NO.ClH/c1-7(10(11,12)13)15-9-4-2-8(6-14)3-5-9;/h2-5,7H,6,14H2,1H3;1H/t7-;/m1./s1. The van der Waals surface area contributed by atoms with Crippen LogP contribution in [0.3, 0.4) is 0 Å². The normalized spacial score (nSPS) is 12.8. The first kappa shape index (κ1) is 15.1. The molecule has 0 heterocycles. The van der Waals surface area contributed by atoms with Crippen molar-refractivity contribution in [1.82, 2.24) is 0 Å². The Hall–Kier alpha value is -0.940. The summed E-state index contributed by atoms with van der Waals surface area (Å²) in [6, 6.07) is 6.23. The van der Waals surface area contributed by atoms with Crippen molar-refractivity contribution in [2.75, 3.05) is 0 Å². The molecule has 0 bridgehead atoms. The molecule has 0 radical (unpaired) electrons. The van der Waals surface area contributed by atoms with Crippen LogP contribution in [-0.2, 0) is 6.54 Å². The minimum Gasteiger partial charge on any atom is -0.481 e. The highest BCUT2D eigenvalue weighted by Crippen LogP contribution is 2.24. The second kappa shape index (κ2) is 5.96. The van der Waals surface area contributed by atoms with Crippen molar-refractivity contribution in [2.45, 2.75) is 25.7 Å². The fourth-order valence-electron chi connectivity index (χ4n) is 0.975. The van der Waals surface area contributed by atoms with Gasteiger partial charge in [-0.25, -0.2) is 0 Å². The van der Waals surface area contributed by atoms with E-state index in [9.17, 15) is 13.2 Å². The molecule has 0 amide bonds. The summed E-state index contributed by atoms with van der Waals surface area (Å²) < 4.78 is 41.1. The van der Waals surface area contributed by atoms with Crippen molar-refractivity contribution in [3.8, 4) is 5.75 Å². The van der Waals surface area contributed by atoms with Crippen LogP contribution in [0.5, 0.6) is 5.75 Å². The monoisotopic (exact) mass is 255 g/mol. The Morgan fingerprint density at radius 1 is 1.25 bits per heavy atom. The molecule has 0 aliphatic rings. The maximum Gasteiger partial charge on any atom is 0.425 e. The summed E-state index contributed by atoms with van der Waals surface area (Å²) in [5.41, 5.74) is 6.20. The molecule has 1 rings (SSSR count). The molecule has 16 heavy (non-hydrogen) atoms. The van der Waals surface area contributed by atoms with Crippen molar-refractivity contribution in [3.05, 3.63) is 29.8 Å². The predicted molar refractivity (Wildman–Crippen MR) is 57.7 cm³/mol. The van der Waals surface area contributed by atoms with E-state index in [0.717, 1.165) is 12.5 Å². The zero-order valence-electron chi connectivity index (χ0n) is 8.62. The minimum atomic E-state index is -4.34. The highest BCUT2D eigenvalue weighted by atomic mass is 35.5. The summed E-state index contributed by atoms with van der Waals surface area (Å²) >= 11 is 0. The molecule has 92 valence electrons. The van der Waals surface area contributed by atoms with Gasteiger partial charge in [0.05, 0.1) is 0 Å². The lowest BCUT2D eigenvalue weighted by Crippen LogP contribution is -2.31. The first-order valence-electron chi connectivity index (χ1n) is 4.46. The third-order valence-corrected chi connectivity index (χ3v) is 1.93. The molecule has 0 aliphatic carbocycles. The van der Waals surface area contributed by atoms with Gasteiger partial charge in [0.1, 0.15) is 5.75 Å². The molecule has 2 nitrogen and oxygen atoms in total. The van der Waals surface area contributed by atoms with Gasteiger partial charge in [0.2, 0.25) is 0 Å². The van der Waals surface area contributed by atoms with Crippen LogP contribution in [-0.4, -0.2) is 12.3 Å². The van der Waals surface area contributed by atoms with Crippen molar-refractivity contribution in [2.24, 2.45) is 5.73 Å². The number of rotatable bonds is 3. The zero-order chi connectivity index (χ0) is 11.5. The van der Waals surface area contributed by atoms with Crippen LogP contribution in [0.15, 0.2) is 24.3 Å². The van der Waals surface area contributed by atoms with E-state index in [1.807, 2.05) is 0 Å². The third-order valence-electron chi connectivity index (χ3n) is 1.93. The van der Waals surface area contributed by atoms with Gasteiger partial charge in [0, 0.05) is 6.54 Å². The first-order valence-corrected chi connectivity index (χ1v) is 4.46. The summed E-state index contributed by atoms with van der Waals surface area (Å²) in [6.07, 6.45) is -6.15. The number of alkyl halides is 3. The summed E-state index contributed by atoms with van der Waals surface area (Å²) in [5, 5.41) is 0. The van der Waals surface area contributed by atoms with Crippen LogP contribution < -0.4 is 10.5 Å². The lowest BCUT2D eigenvalue weighted by Gasteiger charge is -2.17. The highest BCUT2D eigenvalue weighted by Gasteiger charge is 2.37. The Bertz CT molecular complexity index is 313. The Morgan fingerprint density at radius 2 is 1.75 bits per heavy atom. The zero-order valence-corrected chi connectivity index (χ0v) is 9.44. The van der Waals surface area contributed by atoms with Crippen LogP contribution in [0, 0.1) is 0 Å². The Kier molecular flexibility index (Phi) is 5.61. The fraction of sp³-hybridized carbons (Fsp3) is 0.400. The van der Waals surface area contributed by atoms with Gasteiger partial charge in [-0.2, -0.15) is 13.2 Å². The van der Waals surface area contributed by atoms with E-state index < -0.39 is 12.3 Å². The van der Waals surface area contributed by atoms with E-state index in [0.29, 0.717) is 6.54 Å². The Morgan fingerprint density at radius 3 is 2.12 bits per heavy atom. The molecule has 1 aromatic rings. The summed E-state index contributed by atoms with van der Waals surface area (Å²) in [6.45, 7) is 1.33. The second-order valence-corrected chi connectivity index (χ2v) is 3.15. The smallest absolute Gasteiger partial charge is 0.425 e. The maximum absolute atomic E-state index is 12.1. The minimum absolute atomic E-state index is 0. The summed E-state index contributed by atoms with van der Waals surface area (Å²) in [5.74, 6) is 0.192. The molecule has 2 N–H and O–H groups in total. The third kappa shape index (κ3) is 4.28. The fourth-order valence-corrected chi connectivity index (χ4v) is 0.975. The second-order valence-electron chi connectivity index (χ2n) is 3.15. The highest BCUT2D eigenvalue weighted by molar-refractivity contribution is 5.85. The molecule has 0 aromatic heterocycles. The molecule has 0 spiro atoms. The van der Waals surface area contributed by atoms with E-state index in [-0.39, 0.29) is 18.2 Å². The first-order chi connectivity index (χ1) is 6.93. The predicted octanol–water partition coefficient (Wildman–Crippen LogP) is 2.90. The molecule has 0 saturated carbocycles. The molecule has 1 aromatic carbocycles. The molecular weight excluding hydrogens is 243 g/mol. The lowest BCUT2D eigenvalue weighted by molar-refractivity contribution is -0.189. The lowest BCUT2D eigenvalue weighted by atomic mass is 10.2. The average Bonchev–Trinajstić information content (AvgIpc) is 2.17. The maximum atomic E-state index is 12.1. The topological polar surface area (TPSA) is 35.2 Å². The van der Waals surface area contributed by atoms with Crippen LogP contribution in [0.25, 0.3) is 0 Å². The summed E-state index contributed by atoms with van der Waals surface area (Å²) in [4.78, 5) is 0. The van der Waals surface area contributed by atoms with Crippen LogP contribution >= 0.6 is 12.4 Å². The number of hydrogen-bond donors (Lipinski definition) is 1.